The lowest BCUT2D eigenvalue weighted by Gasteiger charge is -2.37. The summed E-state index contributed by atoms with van der Waals surface area (Å²) in [5.41, 5.74) is 2.79. The maximum absolute atomic E-state index is 11.1. The van der Waals surface area contributed by atoms with Gasteiger partial charge >= 0.3 is 0 Å². The Kier molecular flexibility index (Phi) is 6.50. The summed E-state index contributed by atoms with van der Waals surface area (Å²) in [6, 6.07) is 5.73. The number of fused-ring (bicyclic) bond motifs is 1. The standard InChI is InChI=1S/C18H25NO7S2/c1-12-18(2,11-13-4-7-17(13)20)15-10-14(27-26-25-21)5-6-16(15)19(12)8-3-9-28(22,23)24/h5-6,10,13,17,20H,3-4,7-9,11H2,1-2H3,(H-,21,22,23,24)/p+1/t13-,17?,18+/m1/s1. The third-order valence-corrected chi connectivity index (χ3v) is 7.43. The molecule has 28 heavy (non-hydrogen) atoms. The van der Waals surface area contributed by atoms with Gasteiger partial charge in [0.15, 0.2) is 5.71 Å². The van der Waals surface area contributed by atoms with E-state index in [0.29, 0.717) is 13.0 Å². The maximum atomic E-state index is 11.1. The molecule has 1 unspecified atom stereocenters. The van der Waals surface area contributed by atoms with Gasteiger partial charge in [0, 0.05) is 29.9 Å². The molecule has 0 amide bonds. The summed E-state index contributed by atoms with van der Waals surface area (Å²) in [5.74, 6) is -0.0707. The molecule has 1 saturated carbocycles. The largest absolute Gasteiger partial charge is 0.393 e. The van der Waals surface area contributed by atoms with E-state index in [4.69, 9.17) is 9.81 Å². The summed E-state index contributed by atoms with van der Waals surface area (Å²) in [6.45, 7) is 4.62. The van der Waals surface area contributed by atoms with Crippen molar-refractivity contribution in [2.75, 3.05) is 12.3 Å². The smallest absolute Gasteiger partial charge is 0.265 e. The minimum Gasteiger partial charge on any atom is -0.393 e. The van der Waals surface area contributed by atoms with Crippen LogP contribution >= 0.6 is 12.0 Å². The summed E-state index contributed by atoms with van der Waals surface area (Å²) in [6.07, 6.45) is 2.61. The first-order valence-corrected chi connectivity index (χ1v) is 11.5. The fourth-order valence-electron chi connectivity index (χ4n) is 4.24. The molecular formula is C18H26NO7S2+. The Balaban J connectivity index is 1.92. The summed E-state index contributed by atoms with van der Waals surface area (Å²) in [4.78, 5) is 0.751. The van der Waals surface area contributed by atoms with Crippen LogP contribution in [0.4, 0.5) is 5.69 Å². The van der Waals surface area contributed by atoms with Gasteiger partial charge in [-0.25, -0.2) is 5.26 Å². The highest BCUT2D eigenvalue weighted by Crippen LogP contribution is 2.48. The lowest BCUT2D eigenvalue weighted by molar-refractivity contribution is -0.438. The molecule has 3 rings (SSSR count). The van der Waals surface area contributed by atoms with Gasteiger partial charge in [0.05, 0.1) is 29.3 Å². The number of aliphatic hydroxyl groups is 1. The predicted molar refractivity (Wildman–Crippen MR) is 104 cm³/mol. The van der Waals surface area contributed by atoms with E-state index in [0.717, 1.165) is 53.2 Å². The number of nitrogens with zero attached hydrogens (tertiary/aromatic N) is 1. The zero-order chi connectivity index (χ0) is 20.5. The first kappa shape index (κ1) is 21.7. The molecule has 0 bridgehead atoms. The first-order valence-electron chi connectivity index (χ1n) is 9.20. The van der Waals surface area contributed by atoms with E-state index in [-0.39, 0.29) is 23.2 Å². The van der Waals surface area contributed by atoms with Crippen molar-refractivity contribution in [3.8, 4) is 0 Å². The van der Waals surface area contributed by atoms with Gasteiger partial charge in [-0.15, -0.1) is 4.33 Å². The van der Waals surface area contributed by atoms with E-state index in [1.807, 2.05) is 25.1 Å². The summed E-state index contributed by atoms with van der Waals surface area (Å²) in [5, 5.41) is 22.2. The molecule has 3 atom stereocenters. The van der Waals surface area contributed by atoms with Crippen molar-refractivity contribution in [1.29, 1.82) is 0 Å². The lowest BCUT2D eigenvalue weighted by Crippen LogP contribution is -2.40. The van der Waals surface area contributed by atoms with Gasteiger partial charge in [0.2, 0.25) is 5.69 Å². The molecule has 156 valence electrons. The molecule has 2 aliphatic rings. The Labute approximate surface area is 169 Å². The van der Waals surface area contributed by atoms with Gasteiger partial charge in [-0.3, -0.25) is 4.55 Å². The monoisotopic (exact) mass is 432 g/mol. The molecule has 1 fully saturated rings. The summed E-state index contributed by atoms with van der Waals surface area (Å²) < 4.78 is 37.8. The van der Waals surface area contributed by atoms with Crippen molar-refractivity contribution in [2.24, 2.45) is 5.92 Å². The van der Waals surface area contributed by atoms with E-state index in [1.165, 1.54) is 0 Å². The minimum absolute atomic E-state index is 0.221. The molecule has 0 spiro atoms. The van der Waals surface area contributed by atoms with Gasteiger partial charge in [0.1, 0.15) is 6.54 Å². The molecule has 1 aromatic rings. The molecular weight excluding hydrogens is 406 g/mol. The second-order valence-corrected chi connectivity index (χ2v) is 10.1. The number of hydrogen-bond donors (Lipinski definition) is 3. The van der Waals surface area contributed by atoms with Crippen molar-refractivity contribution in [3.63, 3.8) is 0 Å². The SMILES string of the molecule is CC1=[N+](CCCS(=O)(=O)O)c2ccc(SOOO)cc2[C@@]1(C)C[C@H]1CCC1O. The minimum atomic E-state index is -4.00. The number of rotatable bonds is 9. The quantitative estimate of drug-likeness (QED) is 0.179. The molecule has 1 heterocycles. The topological polar surface area (TPSA) is 116 Å². The van der Waals surface area contributed by atoms with E-state index in [2.05, 4.69) is 20.9 Å². The Bertz CT molecular complexity index is 871. The van der Waals surface area contributed by atoms with Crippen molar-refractivity contribution in [3.05, 3.63) is 23.8 Å². The van der Waals surface area contributed by atoms with Gasteiger partial charge in [-0.05, 0) is 44.2 Å². The third kappa shape index (κ3) is 4.43. The molecule has 8 nitrogen and oxygen atoms in total. The highest BCUT2D eigenvalue weighted by Gasteiger charge is 2.49. The first-order chi connectivity index (χ1) is 13.2. The van der Waals surface area contributed by atoms with Crippen LogP contribution in [0.3, 0.4) is 0 Å². The molecule has 10 heteroatoms. The highest BCUT2D eigenvalue weighted by molar-refractivity contribution is 7.94. The summed E-state index contributed by atoms with van der Waals surface area (Å²) in [7, 11) is -4.00. The third-order valence-electron chi connectivity index (χ3n) is 6.05. The van der Waals surface area contributed by atoms with E-state index in [1.54, 1.807) is 0 Å². The average molecular weight is 433 g/mol. The van der Waals surface area contributed by atoms with Crippen LogP contribution in [-0.4, -0.2) is 52.0 Å². The van der Waals surface area contributed by atoms with Crippen molar-refractivity contribution in [1.82, 2.24) is 0 Å². The fraction of sp³-hybridized carbons (Fsp3) is 0.611. The van der Waals surface area contributed by atoms with Crippen LogP contribution in [0.5, 0.6) is 0 Å². The van der Waals surface area contributed by atoms with Gasteiger partial charge in [-0.2, -0.15) is 13.0 Å². The Hall–Kier alpha value is -1.01. The molecule has 1 aliphatic carbocycles. The van der Waals surface area contributed by atoms with Crippen LogP contribution in [0, 0.1) is 5.92 Å². The molecule has 1 aliphatic heterocycles. The number of benzene rings is 1. The van der Waals surface area contributed by atoms with E-state index in [9.17, 15) is 13.5 Å². The molecule has 3 N–H and O–H groups in total. The molecule has 1 aromatic carbocycles. The Morgan fingerprint density at radius 2 is 2.11 bits per heavy atom. The molecule has 0 radical (unpaired) electrons. The maximum Gasteiger partial charge on any atom is 0.265 e. The van der Waals surface area contributed by atoms with Crippen molar-refractivity contribution < 1.29 is 37.3 Å². The number of hydrogen-bond acceptors (Lipinski definition) is 7. The zero-order valence-electron chi connectivity index (χ0n) is 15.9. The van der Waals surface area contributed by atoms with E-state index < -0.39 is 10.1 Å². The predicted octanol–water partition coefficient (Wildman–Crippen LogP) is 2.93. The number of aliphatic hydroxyl groups excluding tert-OH is 1. The summed E-state index contributed by atoms with van der Waals surface area (Å²) >= 11 is 0.888. The van der Waals surface area contributed by atoms with Gasteiger partial charge in [-0.1, -0.05) is 5.04 Å². The van der Waals surface area contributed by atoms with Crippen LogP contribution < -0.4 is 0 Å². The molecule has 0 aromatic heterocycles. The van der Waals surface area contributed by atoms with Crippen LogP contribution in [0.25, 0.3) is 0 Å². The molecule has 0 saturated heterocycles. The Morgan fingerprint density at radius 3 is 2.68 bits per heavy atom. The van der Waals surface area contributed by atoms with Crippen LogP contribution in [0.1, 0.15) is 45.1 Å². The van der Waals surface area contributed by atoms with E-state index >= 15 is 0 Å². The van der Waals surface area contributed by atoms with Gasteiger partial charge < -0.3 is 5.11 Å². The average Bonchev–Trinajstić information content (AvgIpc) is 2.84. The van der Waals surface area contributed by atoms with Crippen LogP contribution in [0.2, 0.25) is 0 Å². The van der Waals surface area contributed by atoms with Crippen LogP contribution in [-0.2, 0) is 24.9 Å². The van der Waals surface area contributed by atoms with Crippen molar-refractivity contribution in [2.45, 2.75) is 55.9 Å². The fourth-order valence-corrected chi connectivity index (χ4v) is 5.13. The van der Waals surface area contributed by atoms with Crippen molar-refractivity contribution >= 4 is 33.6 Å². The second kappa shape index (κ2) is 8.39. The van der Waals surface area contributed by atoms with Gasteiger partial charge in [0.25, 0.3) is 10.1 Å². The second-order valence-electron chi connectivity index (χ2n) is 7.72. The van der Waals surface area contributed by atoms with Crippen LogP contribution in [0.15, 0.2) is 23.1 Å². The lowest BCUT2D eigenvalue weighted by atomic mass is 9.67. The Morgan fingerprint density at radius 1 is 1.36 bits per heavy atom. The zero-order valence-corrected chi connectivity index (χ0v) is 17.5. The normalized spacial score (nSPS) is 27.0. The highest BCUT2D eigenvalue weighted by atomic mass is 32.2.